The molecule has 2 aromatic carbocycles. The average molecular weight is 268 g/mol. The highest BCUT2D eigenvalue weighted by Gasteiger charge is 2.28. The molecule has 2 atom stereocenters. The molecule has 104 valence electrons. The van der Waals surface area contributed by atoms with Crippen LogP contribution >= 0.6 is 0 Å². The third kappa shape index (κ3) is 2.26. The van der Waals surface area contributed by atoms with Gasteiger partial charge in [-0.15, -0.1) is 0 Å². The first-order valence-corrected chi connectivity index (χ1v) is 7.20. The Balaban J connectivity index is 1.98. The standard InChI is InChI=1S/C18H20O2/c1-12-6-5-9-16(19)18(12)20-17-13(2)10-11-14-7-3-4-8-15(14)17/h3-9,13,17,19H,10-11H2,1-2H3/t13?,17-/m1/s1. The van der Waals surface area contributed by atoms with Gasteiger partial charge in [0.1, 0.15) is 6.10 Å². The Bertz CT molecular complexity index is 598. The summed E-state index contributed by atoms with van der Waals surface area (Å²) in [5.74, 6) is 1.28. The van der Waals surface area contributed by atoms with Gasteiger partial charge < -0.3 is 9.84 Å². The van der Waals surface area contributed by atoms with E-state index in [0.717, 1.165) is 18.4 Å². The van der Waals surface area contributed by atoms with Crippen LogP contribution in [0.25, 0.3) is 0 Å². The minimum Gasteiger partial charge on any atom is -0.504 e. The molecule has 0 bridgehead atoms. The Hall–Kier alpha value is -1.96. The number of fused-ring (bicyclic) bond motifs is 1. The largest absolute Gasteiger partial charge is 0.504 e. The number of rotatable bonds is 2. The van der Waals surface area contributed by atoms with Gasteiger partial charge in [0, 0.05) is 0 Å². The number of benzene rings is 2. The van der Waals surface area contributed by atoms with E-state index in [4.69, 9.17) is 4.74 Å². The first-order chi connectivity index (χ1) is 9.66. The SMILES string of the molecule is Cc1cccc(O)c1O[C@H]1c2ccccc2CCC1C. The van der Waals surface area contributed by atoms with E-state index in [9.17, 15) is 5.11 Å². The molecule has 0 aliphatic heterocycles. The molecule has 0 heterocycles. The summed E-state index contributed by atoms with van der Waals surface area (Å²) in [6.07, 6.45) is 2.25. The number of aromatic hydroxyl groups is 1. The van der Waals surface area contributed by atoms with E-state index in [1.54, 1.807) is 6.07 Å². The molecule has 2 aromatic rings. The molecule has 0 spiro atoms. The lowest BCUT2D eigenvalue weighted by Gasteiger charge is -2.32. The van der Waals surface area contributed by atoms with Crippen molar-refractivity contribution in [1.82, 2.24) is 0 Å². The first-order valence-electron chi connectivity index (χ1n) is 7.20. The first kappa shape index (κ1) is 13.0. The third-order valence-corrected chi connectivity index (χ3v) is 4.18. The molecule has 3 rings (SSSR count). The van der Waals surface area contributed by atoms with Gasteiger partial charge in [0.15, 0.2) is 11.5 Å². The summed E-state index contributed by atoms with van der Waals surface area (Å²) in [4.78, 5) is 0. The van der Waals surface area contributed by atoms with Gasteiger partial charge in [-0.1, -0.05) is 43.3 Å². The van der Waals surface area contributed by atoms with Crippen LogP contribution in [0.15, 0.2) is 42.5 Å². The quantitative estimate of drug-likeness (QED) is 0.874. The van der Waals surface area contributed by atoms with Gasteiger partial charge in [0.05, 0.1) is 0 Å². The summed E-state index contributed by atoms with van der Waals surface area (Å²) >= 11 is 0. The van der Waals surface area contributed by atoms with Crippen molar-refractivity contribution in [3.63, 3.8) is 0 Å². The van der Waals surface area contributed by atoms with Crippen LogP contribution in [-0.2, 0) is 6.42 Å². The summed E-state index contributed by atoms with van der Waals surface area (Å²) in [5, 5.41) is 10.0. The zero-order valence-corrected chi connectivity index (χ0v) is 12.0. The maximum absolute atomic E-state index is 10.0. The van der Waals surface area contributed by atoms with Crippen molar-refractivity contribution in [2.24, 2.45) is 5.92 Å². The maximum atomic E-state index is 10.0. The van der Waals surface area contributed by atoms with Crippen molar-refractivity contribution >= 4 is 0 Å². The van der Waals surface area contributed by atoms with Crippen LogP contribution in [0.4, 0.5) is 0 Å². The van der Waals surface area contributed by atoms with Gasteiger partial charge in [0.25, 0.3) is 0 Å². The van der Waals surface area contributed by atoms with E-state index >= 15 is 0 Å². The van der Waals surface area contributed by atoms with Gasteiger partial charge >= 0.3 is 0 Å². The number of phenols is 1. The lowest BCUT2D eigenvalue weighted by atomic mass is 9.82. The smallest absolute Gasteiger partial charge is 0.164 e. The number of aryl methyl sites for hydroxylation is 2. The molecule has 20 heavy (non-hydrogen) atoms. The molecular weight excluding hydrogens is 248 g/mol. The average Bonchev–Trinajstić information content (AvgIpc) is 2.45. The highest BCUT2D eigenvalue weighted by Crippen LogP contribution is 2.40. The fourth-order valence-electron chi connectivity index (χ4n) is 2.98. The molecular formula is C18H20O2. The van der Waals surface area contributed by atoms with E-state index in [1.165, 1.54) is 11.1 Å². The van der Waals surface area contributed by atoms with Crippen LogP contribution in [0.5, 0.6) is 11.5 Å². The Kier molecular flexibility index (Phi) is 3.39. The van der Waals surface area contributed by atoms with Gasteiger partial charge in [0.2, 0.25) is 0 Å². The lowest BCUT2D eigenvalue weighted by molar-refractivity contribution is 0.124. The number of hydrogen-bond acceptors (Lipinski definition) is 2. The zero-order chi connectivity index (χ0) is 14.1. The molecule has 0 aromatic heterocycles. The lowest BCUT2D eigenvalue weighted by Crippen LogP contribution is -2.23. The van der Waals surface area contributed by atoms with E-state index < -0.39 is 0 Å². The summed E-state index contributed by atoms with van der Waals surface area (Å²) in [6.45, 7) is 4.18. The summed E-state index contributed by atoms with van der Waals surface area (Å²) in [6, 6.07) is 14.0. The van der Waals surface area contributed by atoms with Crippen molar-refractivity contribution in [3.05, 3.63) is 59.2 Å². The summed E-state index contributed by atoms with van der Waals surface area (Å²) in [7, 11) is 0. The predicted octanol–water partition coefficient (Wildman–Crippen LogP) is 4.40. The van der Waals surface area contributed by atoms with Crippen LogP contribution in [-0.4, -0.2) is 5.11 Å². The summed E-state index contributed by atoms with van der Waals surface area (Å²) in [5.41, 5.74) is 3.60. The molecule has 0 saturated carbocycles. The van der Waals surface area contributed by atoms with Gasteiger partial charge in [-0.05, 0) is 48.4 Å². The highest BCUT2D eigenvalue weighted by molar-refractivity contribution is 5.45. The summed E-state index contributed by atoms with van der Waals surface area (Å²) < 4.78 is 6.21. The van der Waals surface area contributed by atoms with Crippen molar-refractivity contribution in [2.45, 2.75) is 32.8 Å². The minimum atomic E-state index is 0.0203. The van der Waals surface area contributed by atoms with E-state index in [0.29, 0.717) is 11.7 Å². The normalized spacial score (nSPS) is 21.3. The predicted molar refractivity (Wildman–Crippen MR) is 80.1 cm³/mol. The Labute approximate surface area is 120 Å². The van der Waals surface area contributed by atoms with Crippen LogP contribution in [0, 0.1) is 12.8 Å². The van der Waals surface area contributed by atoms with Gasteiger partial charge in [-0.3, -0.25) is 0 Å². The number of ether oxygens (including phenoxy) is 1. The van der Waals surface area contributed by atoms with Crippen molar-refractivity contribution in [1.29, 1.82) is 0 Å². The Morgan fingerprint density at radius 1 is 1.10 bits per heavy atom. The molecule has 0 radical (unpaired) electrons. The monoisotopic (exact) mass is 268 g/mol. The topological polar surface area (TPSA) is 29.5 Å². The van der Waals surface area contributed by atoms with Crippen molar-refractivity contribution in [3.8, 4) is 11.5 Å². The van der Waals surface area contributed by atoms with Crippen LogP contribution < -0.4 is 4.74 Å². The van der Waals surface area contributed by atoms with Crippen molar-refractivity contribution < 1.29 is 9.84 Å². The Morgan fingerprint density at radius 3 is 2.70 bits per heavy atom. The van der Waals surface area contributed by atoms with Crippen molar-refractivity contribution in [2.75, 3.05) is 0 Å². The van der Waals surface area contributed by atoms with Crippen LogP contribution in [0.2, 0.25) is 0 Å². The second-order valence-electron chi connectivity index (χ2n) is 5.68. The molecule has 2 heteroatoms. The molecule has 1 unspecified atom stereocenters. The maximum Gasteiger partial charge on any atom is 0.164 e. The molecule has 1 N–H and O–H groups in total. The number of phenolic OH excluding ortho intramolecular Hbond substituents is 1. The second-order valence-corrected chi connectivity index (χ2v) is 5.68. The molecule has 1 aliphatic rings. The van der Waals surface area contributed by atoms with Crippen LogP contribution in [0.3, 0.4) is 0 Å². The number of para-hydroxylation sites is 1. The van der Waals surface area contributed by atoms with Gasteiger partial charge in [-0.25, -0.2) is 0 Å². The molecule has 2 nitrogen and oxygen atoms in total. The van der Waals surface area contributed by atoms with E-state index in [1.807, 2.05) is 19.1 Å². The number of hydrogen-bond donors (Lipinski definition) is 1. The third-order valence-electron chi connectivity index (χ3n) is 4.18. The van der Waals surface area contributed by atoms with E-state index in [-0.39, 0.29) is 11.9 Å². The zero-order valence-electron chi connectivity index (χ0n) is 12.0. The van der Waals surface area contributed by atoms with E-state index in [2.05, 4.69) is 31.2 Å². The van der Waals surface area contributed by atoms with Gasteiger partial charge in [-0.2, -0.15) is 0 Å². The molecule has 1 aliphatic carbocycles. The minimum absolute atomic E-state index is 0.0203. The molecule has 0 amide bonds. The second kappa shape index (κ2) is 5.20. The molecule has 0 saturated heterocycles. The molecule has 0 fully saturated rings. The Morgan fingerprint density at radius 2 is 1.90 bits per heavy atom. The fraction of sp³-hybridized carbons (Fsp3) is 0.333. The highest BCUT2D eigenvalue weighted by atomic mass is 16.5. The fourth-order valence-corrected chi connectivity index (χ4v) is 2.98. The van der Waals surface area contributed by atoms with Crippen LogP contribution in [0.1, 0.15) is 36.1 Å².